The van der Waals surface area contributed by atoms with Gasteiger partial charge in [0.15, 0.2) is 0 Å². The summed E-state index contributed by atoms with van der Waals surface area (Å²) < 4.78 is 0. The van der Waals surface area contributed by atoms with Crippen LogP contribution in [0, 0.1) is 5.92 Å². The average Bonchev–Trinajstić information content (AvgIpc) is 2.72. The lowest BCUT2D eigenvalue weighted by molar-refractivity contribution is 0.929. The largest absolute Gasteiger partial charge is 0.399 e. The first-order valence-electron chi connectivity index (χ1n) is 4.38. The molecule has 2 rings (SSSR count). The molecule has 3 N–H and O–H groups in total. The molecule has 1 saturated carbocycles. The molecule has 2 unspecified atom stereocenters. The van der Waals surface area contributed by atoms with Crippen molar-refractivity contribution in [1.82, 2.24) is 0 Å². The van der Waals surface area contributed by atoms with Crippen molar-refractivity contribution in [2.45, 2.75) is 19.4 Å². The lowest BCUT2D eigenvalue weighted by atomic mass is 10.3. The number of nitrogen functional groups attached to an aromatic ring is 1. The van der Waals surface area contributed by atoms with Gasteiger partial charge in [-0.2, -0.15) is 0 Å². The second kappa shape index (κ2) is 2.70. The van der Waals surface area contributed by atoms with E-state index < -0.39 is 0 Å². The Bertz CT molecular complexity index is 266. The van der Waals surface area contributed by atoms with Gasteiger partial charge in [0, 0.05) is 17.4 Å². The minimum atomic E-state index is 0.689. The molecule has 0 aromatic heterocycles. The van der Waals surface area contributed by atoms with Crippen LogP contribution in [0.5, 0.6) is 0 Å². The molecule has 2 heteroatoms. The maximum absolute atomic E-state index is 5.57. The van der Waals surface area contributed by atoms with Crippen LogP contribution in [0.2, 0.25) is 0 Å². The molecule has 64 valence electrons. The smallest absolute Gasteiger partial charge is 0.0343 e. The fourth-order valence-electron chi connectivity index (χ4n) is 1.32. The number of rotatable bonds is 2. The molecule has 1 fully saturated rings. The van der Waals surface area contributed by atoms with E-state index in [0.29, 0.717) is 6.04 Å². The van der Waals surface area contributed by atoms with Crippen LogP contribution >= 0.6 is 0 Å². The van der Waals surface area contributed by atoms with Gasteiger partial charge in [-0.15, -0.1) is 0 Å². The summed E-state index contributed by atoms with van der Waals surface area (Å²) >= 11 is 0. The fraction of sp³-hybridized carbons (Fsp3) is 0.400. The second-order valence-corrected chi connectivity index (χ2v) is 3.59. The van der Waals surface area contributed by atoms with Gasteiger partial charge in [0.25, 0.3) is 0 Å². The van der Waals surface area contributed by atoms with Crippen molar-refractivity contribution >= 4 is 11.4 Å². The standard InChI is InChI=1S/C10H14N2/c1-7-6-10(7)12-9-4-2-8(11)3-5-9/h2-5,7,10,12H,6,11H2,1H3. The van der Waals surface area contributed by atoms with Crippen molar-refractivity contribution in [3.63, 3.8) is 0 Å². The van der Waals surface area contributed by atoms with Crippen LogP contribution < -0.4 is 11.1 Å². The summed E-state index contributed by atoms with van der Waals surface area (Å²) in [4.78, 5) is 0. The van der Waals surface area contributed by atoms with Crippen LogP contribution in [0.15, 0.2) is 24.3 Å². The molecule has 0 spiro atoms. The zero-order valence-corrected chi connectivity index (χ0v) is 7.25. The Labute approximate surface area is 72.8 Å². The molecule has 12 heavy (non-hydrogen) atoms. The van der Waals surface area contributed by atoms with Gasteiger partial charge in [0.05, 0.1) is 0 Å². The summed E-state index contributed by atoms with van der Waals surface area (Å²) in [5.41, 5.74) is 7.58. The van der Waals surface area contributed by atoms with Crippen LogP contribution in [0.4, 0.5) is 11.4 Å². The van der Waals surface area contributed by atoms with Crippen LogP contribution in [0.1, 0.15) is 13.3 Å². The van der Waals surface area contributed by atoms with Crippen LogP contribution in [-0.4, -0.2) is 6.04 Å². The summed E-state index contributed by atoms with van der Waals surface area (Å²) in [5, 5.41) is 3.44. The van der Waals surface area contributed by atoms with E-state index in [4.69, 9.17) is 5.73 Å². The van der Waals surface area contributed by atoms with Crippen molar-refractivity contribution in [3.8, 4) is 0 Å². The van der Waals surface area contributed by atoms with Crippen LogP contribution in [-0.2, 0) is 0 Å². The molecule has 2 nitrogen and oxygen atoms in total. The third-order valence-electron chi connectivity index (χ3n) is 2.37. The Hall–Kier alpha value is -1.18. The molecule has 0 saturated heterocycles. The Morgan fingerprint density at radius 2 is 1.92 bits per heavy atom. The first-order chi connectivity index (χ1) is 5.75. The third-order valence-corrected chi connectivity index (χ3v) is 2.37. The zero-order chi connectivity index (χ0) is 8.55. The van der Waals surface area contributed by atoms with E-state index in [1.54, 1.807) is 0 Å². The maximum atomic E-state index is 5.57. The molecule has 0 bridgehead atoms. The van der Waals surface area contributed by atoms with E-state index in [1.807, 2.05) is 24.3 Å². The lowest BCUT2D eigenvalue weighted by Crippen LogP contribution is -2.02. The predicted octanol–water partition coefficient (Wildman–Crippen LogP) is 2.09. The molecule has 0 amide bonds. The number of benzene rings is 1. The molecular weight excluding hydrogens is 148 g/mol. The zero-order valence-electron chi connectivity index (χ0n) is 7.25. The number of nitrogens with one attached hydrogen (secondary N) is 1. The van der Waals surface area contributed by atoms with E-state index in [-0.39, 0.29) is 0 Å². The second-order valence-electron chi connectivity index (χ2n) is 3.59. The Morgan fingerprint density at radius 1 is 1.33 bits per heavy atom. The van der Waals surface area contributed by atoms with Crippen molar-refractivity contribution < 1.29 is 0 Å². The molecule has 1 aromatic carbocycles. The topological polar surface area (TPSA) is 38.0 Å². The maximum Gasteiger partial charge on any atom is 0.0343 e. The fourth-order valence-corrected chi connectivity index (χ4v) is 1.32. The molecule has 0 aliphatic heterocycles. The third kappa shape index (κ3) is 1.52. The van der Waals surface area contributed by atoms with Gasteiger partial charge in [0.1, 0.15) is 0 Å². The minimum absolute atomic E-state index is 0.689. The summed E-state index contributed by atoms with van der Waals surface area (Å²) in [6, 6.07) is 8.60. The molecule has 0 radical (unpaired) electrons. The monoisotopic (exact) mass is 162 g/mol. The van der Waals surface area contributed by atoms with Crippen LogP contribution in [0.3, 0.4) is 0 Å². The van der Waals surface area contributed by atoms with E-state index in [9.17, 15) is 0 Å². The van der Waals surface area contributed by atoms with E-state index in [0.717, 1.165) is 11.6 Å². The molecular formula is C10H14N2. The molecule has 1 aliphatic carbocycles. The predicted molar refractivity (Wildman–Crippen MR) is 52.0 cm³/mol. The van der Waals surface area contributed by atoms with E-state index >= 15 is 0 Å². The van der Waals surface area contributed by atoms with Gasteiger partial charge in [-0.25, -0.2) is 0 Å². The van der Waals surface area contributed by atoms with Gasteiger partial charge in [-0.05, 0) is 36.6 Å². The molecule has 1 aliphatic rings. The Balaban J connectivity index is 2.00. The average molecular weight is 162 g/mol. The highest BCUT2D eigenvalue weighted by Gasteiger charge is 2.32. The number of hydrogen-bond acceptors (Lipinski definition) is 2. The van der Waals surface area contributed by atoms with E-state index in [1.165, 1.54) is 12.1 Å². The summed E-state index contributed by atoms with van der Waals surface area (Å²) in [5.74, 6) is 0.836. The van der Waals surface area contributed by atoms with Crippen molar-refractivity contribution in [1.29, 1.82) is 0 Å². The Morgan fingerprint density at radius 3 is 2.42 bits per heavy atom. The number of nitrogens with two attached hydrogens (primary N) is 1. The SMILES string of the molecule is CC1CC1Nc1ccc(N)cc1. The highest BCUT2D eigenvalue weighted by molar-refractivity contribution is 5.52. The summed E-state index contributed by atoms with van der Waals surface area (Å²) in [7, 11) is 0. The van der Waals surface area contributed by atoms with Crippen molar-refractivity contribution in [3.05, 3.63) is 24.3 Å². The highest BCUT2D eigenvalue weighted by atomic mass is 15.0. The van der Waals surface area contributed by atoms with Crippen LogP contribution in [0.25, 0.3) is 0 Å². The quantitative estimate of drug-likeness (QED) is 0.653. The van der Waals surface area contributed by atoms with Crippen molar-refractivity contribution in [2.24, 2.45) is 5.92 Å². The molecule has 2 atom stereocenters. The normalized spacial score (nSPS) is 26.8. The van der Waals surface area contributed by atoms with E-state index in [2.05, 4.69) is 12.2 Å². The first kappa shape index (κ1) is 7.47. The Kier molecular flexibility index (Phi) is 1.68. The minimum Gasteiger partial charge on any atom is -0.399 e. The molecule has 0 heterocycles. The van der Waals surface area contributed by atoms with Gasteiger partial charge < -0.3 is 11.1 Å². The van der Waals surface area contributed by atoms with Gasteiger partial charge in [-0.3, -0.25) is 0 Å². The first-order valence-corrected chi connectivity index (χ1v) is 4.38. The lowest BCUT2D eigenvalue weighted by Gasteiger charge is -2.04. The summed E-state index contributed by atoms with van der Waals surface area (Å²) in [6.07, 6.45) is 1.30. The summed E-state index contributed by atoms with van der Waals surface area (Å²) in [6.45, 7) is 2.26. The van der Waals surface area contributed by atoms with Gasteiger partial charge in [-0.1, -0.05) is 6.92 Å². The molecule has 1 aromatic rings. The number of hydrogen-bond donors (Lipinski definition) is 2. The number of anilines is 2. The highest BCUT2D eigenvalue weighted by Crippen LogP contribution is 2.32. The van der Waals surface area contributed by atoms with Gasteiger partial charge >= 0.3 is 0 Å². The van der Waals surface area contributed by atoms with Gasteiger partial charge in [0.2, 0.25) is 0 Å². The van der Waals surface area contributed by atoms with Crippen molar-refractivity contribution in [2.75, 3.05) is 11.1 Å².